The number of nitrogens with one attached hydrogen (secondary N) is 1. The summed E-state index contributed by atoms with van der Waals surface area (Å²) in [5, 5.41) is 13.6. The number of aliphatic hydroxyl groups is 1. The summed E-state index contributed by atoms with van der Waals surface area (Å²) >= 11 is 0. The second-order valence-electron chi connectivity index (χ2n) is 6.05. The summed E-state index contributed by atoms with van der Waals surface area (Å²) in [5.41, 5.74) is -0.120. The largest absolute Gasteiger partial charge is 0.394 e. The van der Waals surface area contributed by atoms with Crippen LogP contribution >= 0.6 is 0 Å². The summed E-state index contributed by atoms with van der Waals surface area (Å²) < 4.78 is 5.27. The lowest BCUT2D eigenvalue weighted by atomic mass is 9.92. The predicted octanol–water partition coefficient (Wildman–Crippen LogP) is 1.87. The van der Waals surface area contributed by atoms with E-state index < -0.39 is 0 Å². The van der Waals surface area contributed by atoms with E-state index in [0.29, 0.717) is 12.0 Å². The van der Waals surface area contributed by atoms with E-state index in [1.165, 1.54) is 12.8 Å². The fourth-order valence-corrected chi connectivity index (χ4v) is 3.32. The number of likely N-dealkylation sites (N-methyl/N-ethyl adjacent to an activating group) is 1. The molecule has 1 aliphatic carbocycles. The lowest BCUT2D eigenvalue weighted by Gasteiger charge is -2.41. The van der Waals surface area contributed by atoms with Crippen LogP contribution in [0.2, 0.25) is 0 Å². The number of aliphatic hydroxyl groups excluding tert-OH is 1. The minimum absolute atomic E-state index is 0.120. The Morgan fingerprint density at radius 1 is 1.30 bits per heavy atom. The zero-order chi connectivity index (χ0) is 15.0. The standard InChI is InChI=1S/C16H34N2O2/c1-5-15(6-2)18(10-11-20-4)12-16(13-19,17-7-3)14-8-9-14/h14-15,17,19H,5-13H2,1-4H3. The van der Waals surface area contributed by atoms with Crippen molar-refractivity contribution in [2.75, 3.05) is 40.0 Å². The Labute approximate surface area is 124 Å². The monoisotopic (exact) mass is 286 g/mol. The number of nitrogens with zero attached hydrogens (tertiary/aromatic N) is 1. The molecule has 0 aromatic carbocycles. The molecule has 0 amide bonds. The number of hydrogen-bond donors (Lipinski definition) is 2. The molecule has 20 heavy (non-hydrogen) atoms. The molecule has 1 atom stereocenters. The van der Waals surface area contributed by atoms with Crippen LogP contribution in [0.25, 0.3) is 0 Å². The molecular formula is C16H34N2O2. The van der Waals surface area contributed by atoms with Gasteiger partial charge in [0.05, 0.1) is 18.8 Å². The number of ether oxygens (including phenoxy) is 1. The van der Waals surface area contributed by atoms with Crippen LogP contribution in [-0.4, -0.2) is 61.5 Å². The Hall–Kier alpha value is -0.160. The van der Waals surface area contributed by atoms with E-state index in [2.05, 4.69) is 31.0 Å². The van der Waals surface area contributed by atoms with E-state index in [9.17, 15) is 5.11 Å². The van der Waals surface area contributed by atoms with Gasteiger partial charge in [-0.25, -0.2) is 0 Å². The summed E-state index contributed by atoms with van der Waals surface area (Å²) in [5.74, 6) is 0.631. The van der Waals surface area contributed by atoms with E-state index >= 15 is 0 Å². The third-order valence-corrected chi connectivity index (χ3v) is 4.70. The Bertz CT molecular complexity index is 255. The Kier molecular flexibility index (Phi) is 8.03. The smallest absolute Gasteiger partial charge is 0.0628 e. The van der Waals surface area contributed by atoms with Gasteiger partial charge in [0.25, 0.3) is 0 Å². The van der Waals surface area contributed by atoms with Gasteiger partial charge in [0.15, 0.2) is 0 Å². The molecule has 0 aromatic rings. The lowest BCUT2D eigenvalue weighted by Crippen LogP contribution is -2.59. The molecule has 120 valence electrons. The number of rotatable bonds is 12. The first kappa shape index (κ1) is 17.9. The summed E-state index contributed by atoms with van der Waals surface area (Å²) in [6.45, 7) is 10.4. The minimum Gasteiger partial charge on any atom is -0.394 e. The van der Waals surface area contributed by atoms with Crippen molar-refractivity contribution in [3.63, 3.8) is 0 Å². The van der Waals surface area contributed by atoms with Crippen molar-refractivity contribution in [1.29, 1.82) is 0 Å². The Morgan fingerprint density at radius 2 is 1.95 bits per heavy atom. The average molecular weight is 286 g/mol. The van der Waals surface area contributed by atoms with Crippen molar-refractivity contribution in [2.24, 2.45) is 5.92 Å². The van der Waals surface area contributed by atoms with E-state index in [0.717, 1.165) is 39.1 Å². The molecule has 0 heterocycles. The van der Waals surface area contributed by atoms with Crippen LogP contribution in [0.4, 0.5) is 0 Å². The van der Waals surface area contributed by atoms with Gasteiger partial charge in [-0.3, -0.25) is 4.90 Å². The van der Waals surface area contributed by atoms with Gasteiger partial charge in [-0.15, -0.1) is 0 Å². The third kappa shape index (κ3) is 4.69. The molecule has 2 N–H and O–H groups in total. The van der Waals surface area contributed by atoms with E-state index in [4.69, 9.17) is 4.74 Å². The quantitative estimate of drug-likeness (QED) is 0.575. The first-order chi connectivity index (χ1) is 9.67. The highest BCUT2D eigenvalue weighted by Crippen LogP contribution is 2.40. The van der Waals surface area contributed by atoms with Gasteiger partial charge in [-0.2, -0.15) is 0 Å². The highest BCUT2D eigenvalue weighted by molar-refractivity contribution is 5.03. The molecule has 0 spiro atoms. The van der Waals surface area contributed by atoms with E-state index in [1.54, 1.807) is 7.11 Å². The van der Waals surface area contributed by atoms with Gasteiger partial charge in [-0.05, 0) is 38.1 Å². The lowest BCUT2D eigenvalue weighted by molar-refractivity contribution is 0.0503. The summed E-state index contributed by atoms with van der Waals surface area (Å²) in [6, 6.07) is 0.577. The van der Waals surface area contributed by atoms with Crippen LogP contribution in [0.3, 0.4) is 0 Å². The summed E-state index contributed by atoms with van der Waals surface area (Å²) in [4.78, 5) is 2.51. The normalized spacial score (nSPS) is 18.8. The molecule has 1 saturated carbocycles. The molecule has 0 radical (unpaired) electrons. The first-order valence-corrected chi connectivity index (χ1v) is 8.26. The molecule has 1 rings (SSSR count). The first-order valence-electron chi connectivity index (χ1n) is 8.26. The van der Waals surface area contributed by atoms with Gasteiger partial charge in [0.2, 0.25) is 0 Å². The molecule has 4 nitrogen and oxygen atoms in total. The van der Waals surface area contributed by atoms with Gasteiger partial charge in [-0.1, -0.05) is 20.8 Å². The zero-order valence-corrected chi connectivity index (χ0v) is 13.8. The van der Waals surface area contributed by atoms with Gasteiger partial charge in [0.1, 0.15) is 0 Å². The SMILES string of the molecule is CCNC(CO)(CN(CCOC)C(CC)CC)C1CC1. The Balaban J connectivity index is 2.76. The van der Waals surface area contributed by atoms with Crippen molar-refractivity contribution < 1.29 is 9.84 Å². The van der Waals surface area contributed by atoms with Crippen molar-refractivity contribution in [3.8, 4) is 0 Å². The predicted molar refractivity (Wildman–Crippen MR) is 84.0 cm³/mol. The maximum absolute atomic E-state index is 10.00. The number of hydrogen-bond acceptors (Lipinski definition) is 4. The zero-order valence-electron chi connectivity index (χ0n) is 13.8. The third-order valence-electron chi connectivity index (χ3n) is 4.70. The molecule has 0 aliphatic heterocycles. The van der Waals surface area contributed by atoms with Crippen molar-refractivity contribution in [1.82, 2.24) is 10.2 Å². The number of methoxy groups -OCH3 is 1. The van der Waals surface area contributed by atoms with Crippen molar-refractivity contribution in [3.05, 3.63) is 0 Å². The average Bonchev–Trinajstić information content (AvgIpc) is 3.29. The highest BCUT2D eigenvalue weighted by Gasteiger charge is 2.45. The topological polar surface area (TPSA) is 44.7 Å². The molecule has 1 fully saturated rings. The fourth-order valence-electron chi connectivity index (χ4n) is 3.32. The molecule has 0 bridgehead atoms. The van der Waals surface area contributed by atoms with Crippen LogP contribution in [0.1, 0.15) is 46.5 Å². The molecule has 0 saturated heterocycles. The van der Waals surface area contributed by atoms with Crippen LogP contribution in [0, 0.1) is 5.92 Å². The van der Waals surface area contributed by atoms with Crippen LogP contribution < -0.4 is 5.32 Å². The van der Waals surface area contributed by atoms with Gasteiger partial charge < -0.3 is 15.2 Å². The summed E-state index contributed by atoms with van der Waals surface area (Å²) in [6.07, 6.45) is 4.79. The molecule has 4 heteroatoms. The maximum atomic E-state index is 10.00. The van der Waals surface area contributed by atoms with Crippen LogP contribution in [-0.2, 0) is 4.74 Å². The van der Waals surface area contributed by atoms with E-state index in [1.807, 2.05) is 0 Å². The highest BCUT2D eigenvalue weighted by atomic mass is 16.5. The molecule has 1 aliphatic rings. The second kappa shape index (κ2) is 8.98. The van der Waals surface area contributed by atoms with E-state index in [-0.39, 0.29) is 12.1 Å². The molecular weight excluding hydrogens is 252 g/mol. The van der Waals surface area contributed by atoms with Crippen LogP contribution in [0.15, 0.2) is 0 Å². The maximum Gasteiger partial charge on any atom is 0.0628 e. The van der Waals surface area contributed by atoms with Crippen LogP contribution in [0.5, 0.6) is 0 Å². The molecule has 0 aromatic heterocycles. The van der Waals surface area contributed by atoms with Crippen molar-refractivity contribution >= 4 is 0 Å². The minimum atomic E-state index is -0.120. The molecule has 1 unspecified atom stereocenters. The van der Waals surface area contributed by atoms with Crippen molar-refractivity contribution in [2.45, 2.75) is 58.0 Å². The van der Waals surface area contributed by atoms with Gasteiger partial charge in [0, 0.05) is 26.2 Å². The second-order valence-corrected chi connectivity index (χ2v) is 6.05. The Morgan fingerprint density at radius 3 is 2.35 bits per heavy atom. The fraction of sp³-hybridized carbons (Fsp3) is 1.00. The van der Waals surface area contributed by atoms with Gasteiger partial charge >= 0.3 is 0 Å². The summed E-state index contributed by atoms with van der Waals surface area (Å²) in [7, 11) is 1.76.